The second-order valence-corrected chi connectivity index (χ2v) is 7.51. The fraction of sp³-hybridized carbons (Fsp3) is 0.389. The van der Waals surface area contributed by atoms with Crippen molar-refractivity contribution in [3.05, 3.63) is 45.7 Å². The van der Waals surface area contributed by atoms with Gasteiger partial charge in [-0.3, -0.25) is 20.4 Å². The average Bonchev–Trinajstić information content (AvgIpc) is 3.40. The molecule has 25 heavy (non-hydrogen) atoms. The number of rotatable bonds is 3. The molecule has 0 saturated heterocycles. The third kappa shape index (κ3) is 3.33. The van der Waals surface area contributed by atoms with E-state index in [1.165, 1.54) is 0 Å². The summed E-state index contributed by atoms with van der Waals surface area (Å²) in [6.07, 6.45) is 5.67. The van der Waals surface area contributed by atoms with Gasteiger partial charge >= 0.3 is 0 Å². The topological polar surface area (TPSA) is 76.0 Å². The molecule has 0 bridgehead atoms. The summed E-state index contributed by atoms with van der Waals surface area (Å²) < 4.78 is 2.82. The van der Waals surface area contributed by atoms with Crippen molar-refractivity contribution in [1.29, 1.82) is 0 Å². The predicted molar refractivity (Wildman–Crippen MR) is 96.2 cm³/mol. The normalized spacial score (nSPS) is 16.2. The molecule has 130 valence electrons. The first-order valence-corrected chi connectivity index (χ1v) is 9.39. The van der Waals surface area contributed by atoms with Gasteiger partial charge in [-0.1, -0.05) is 22.0 Å². The number of benzene rings is 1. The summed E-state index contributed by atoms with van der Waals surface area (Å²) in [6.45, 7) is 0. The number of aromatic nitrogens is 2. The number of nitrogens with one attached hydrogen (secondary N) is 2. The van der Waals surface area contributed by atoms with Crippen LogP contribution in [0, 0.1) is 5.92 Å². The first kappa shape index (κ1) is 16.3. The lowest BCUT2D eigenvalue weighted by molar-refractivity contribution is -0.123. The lowest BCUT2D eigenvalue weighted by Gasteiger charge is -2.14. The minimum Gasteiger partial charge on any atom is -0.273 e. The summed E-state index contributed by atoms with van der Waals surface area (Å²) in [5.41, 5.74) is 8.44. The van der Waals surface area contributed by atoms with Gasteiger partial charge < -0.3 is 0 Å². The fourth-order valence-corrected chi connectivity index (χ4v) is 3.62. The maximum atomic E-state index is 12.6. The molecule has 2 amide bonds. The second-order valence-electron chi connectivity index (χ2n) is 6.59. The van der Waals surface area contributed by atoms with Crippen LogP contribution in [0.25, 0.3) is 5.69 Å². The SMILES string of the molecule is O=C(NNC(=O)C1CC1)c1nn(-c2cccc(Br)c2)c2c1CCCC2. The van der Waals surface area contributed by atoms with Crippen LogP contribution in [-0.4, -0.2) is 21.6 Å². The monoisotopic (exact) mass is 402 g/mol. The number of fused-ring (bicyclic) bond motifs is 1. The van der Waals surface area contributed by atoms with Gasteiger partial charge in [0.25, 0.3) is 5.91 Å². The summed E-state index contributed by atoms with van der Waals surface area (Å²) in [6, 6.07) is 7.87. The highest BCUT2D eigenvalue weighted by atomic mass is 79.9. The molecule has 7 heteroatoms. The Morgan fingerprint density at radius 3 is 2.72 bits per heavy atom. The highest BCUT2D eigenvalue weighted by Gasteiger charge is 2.31. The van der Waals surface area contributed by atoms with Crippen molar-refractivity contribution in [2.45, 2.75) is 38.5 Å². The smallest absolute Gasteiger partial charge is 0.273 e. The molecule has 1 aromatic heterocycles. The number of amides is 2. The molecule has 1 saturated carbocycles. The first-order valence-electron chi connectivity index (χ1n) is 8.60. The van der Waals surface area contributed by atoms with E-state index in [-0.39, 0.29) is 17.7 Å². The van der Waals surface area contributed by atoms with Gasteiger partial charge in [-0.05, 0) is 56.7 Å². The lowest BCUT2D eigenvalue weighted by Crippen LogP contribution is -2.42. The molecule has 2 aliphatic carbocycles. The fourth-order valence-electron chi connectivity index (χ4n) is 3.23. The van der Waals surface area contributed by atoms with E-state index in [1.54, 1.807) is 0 Å². The van der Waals surface area contributed by atoms with E-state index in [2.05, 4.69) is 31.9 Å². The van der Waals surface area contributed by atoms with Crippen molar-refractivity contribution >= 4 is 27.7 Å². The maximum absolute atomic E-state index is 12.6. The van der Waals surface area contributed by atoms with E-state index in [0.717, 1.165) is 59.9 Å². The molecular weight excluding hydrogens is 384 g/mol. The minimum atomic E-state index is -0.346. The summed E-state index contributed by atoms with van der Waals surface area (Å²) in [5.74, 6) is -0.414. The Morgan fingerprint density at radius 1 is 1.16 bits per heavy atom. The van der Waals surface area contributed by atoms with Gasteiger partial charge in [0, 0.05) is 21.6 Å². The number of hydrazine groups is 1. The molecule has 6 nitrogen and oxygen atoms in total. The van der Waals surface area contributed by atoms with Crippen LogP contribution < -0.4 is 10.9 Å². The van der Waals surface area contributed by atoms with E-state index >= 15 is 0 Å². The molecule has 0 spiro atoms. The van der Waals surface area contributed by atoms with Crippen LogP contribution >= 0.6 is 15.9 Å². The Balaban J connectivity index is 1.63. The lowest BCUT2D eigenvalue weighted by atomic mass is 9.95. The number of halogens is 1. The van der Waals surface area contributed by atoms with E-state index in [9.17, 15) is 9.59 Å². The van der Waals surface area contributed by atoms with Gasteiger partial charge in [0.15, 0.2) is 5.69 Å². The van der Waals surface area contributed by atoms with Crippen molar-refractivity contribution in [3.8, 4) is 5.69 Å². The predicted octanol–water partition coefficient (Wildman–Crippen LogP) is 2.68. The summed E-state index contributed by atoms with van der Waals surface area (Å²) in [4.78, 5) is 24.3. The van der Waals surface area contributed by atoms with Crippen molar-refractivity contribution < 1.29 is 9.59 Å². The van der Waals surface area contributed by atoms with Gasteiger partial charge in [0.1, 0.15) is 0 Å². The molecule has 1 aromatic carbocycles. The molecule has 2 N–H and O–H groups in total. The maximum Gasteiger partial charge on any atom is 0.290 e. The Hall–Kier alpha value is -2.15. The Bertz CT molecular complexity index is 842. The molecule has 1 fully saturated rings. The molecule has 0 aliphatic heterocycles. The Morgan fingerprint density at radius 2 is 1.96 bits per heavy atom. The number of hydrogen-bond acceptors (Lipinski definition) is 3. The second kappa shape index (κ2) is 6.63. The molecule has 0 atom stereocenters. The average molecular weight is 403 g/mol. The van der Waals surface area contributed by atoms with Crippen LogP contribution in [0.5, 0.6) is 0 Å². The largest absolute Gasteiger partial charge is 0.290 e. The van der Waals surface area contributed by atoms with Gasteiger partial charge in [-0.15, -0.1) is 0 Å². The Labute approximate surface area is 154 Å². The summed E-state index contributed by atoms with van der Waals surface area (Å²) in [5, 5.41) is 4.57. The van der Waals surface area contributed by atoms with E-state index in [1.807, 2.05) is 28.9 Å². The zero-order chi connectivity index (χ0) is 17.4. The van der Waals surface area contributed by atoms with Crippen LogP contribution in [-0.2, 0) is 17.6 Å². The molecule has 1 heterocycles. The minimum absolute atomic E-state index is 0.0495. The quantitative estimate of drug-likeness (QED) is 0.774. The molecular formula is C18H19BrN4O2. The number of carbonyl (C=O) groups is 2. The highest BCUT2D eigenvalue weighted by Crippen LogP contribution is 2.29. The van der Waals surface area contributed by atoms with E-state index < -0.39 is 0 Å². The molecule has 2 aliphatic rings. The van der Waals surface area contributed by atoms with Crippen LogP contribution in [0.2, 0.25) is 0 Å². The van der Waals surface area contributed by atoms with Crippen LogP contribution in [0.4, 0.5) is 0 Å². The third-order valence-corrected chi connectivity index (χ3v) is 5.19. The van der Waals surface area contributed by atoms with E-state index in [4.69, 9.17) is 0 Å². The zero-order valence-electron chi connectivity index (χ0n) is 13.7. The standard InChI is InChI=1S/C18H19BrN4O2/c19-12-4-3-5-13(10-12)23-15-7-2-1-6-14(15)16(22-23)18(25)21-20-17(24)11-8-9-11/h3-5,10-11H,1-2,6-9H2,(H,20,24)(H,21,25). The summed E-state index contributed by atoms with van der Waals surface area (Å²) in [7, 11) is 0. The van der Waals surface area contributed by atoms with Crippen molar-refractivity contribution in [3.63, 3.8) is 0 Å². The van der Waals surface area contributed by atoms with E-state index in [0.29, 0.717) is 5.69 Å². The molecule has 0 unspecified atom stereocenters. The summed E-state index contributed by atoms with van der Waals surface area (Å²) >= 11 is 3.48. The van der Waals surface area contributed by atoms with Crippen molar-refractivity contribution in [2.75, 3.05) is 0 Å². The number of carbonyl (C=O) groups excluding carboxylic acids is 2. The molecule has 2 aromatic rings. The number of hydrogen-bond donors (Lipinski definition) is 2. The third-order valence-electron chi connectivity index (χ3n) is 4.70. The molecule has 4 rings (SSSR count). The highest BCUT2D eigenvalue weighted by molar-refractivity contribution is 9.10. The van der Waals surface area contributed by atoms with Gasteiger partial charge in [-0.2, -0.15) is 5.10 Å². The van der Waals surface area contributed by atoms with Crippen molar-refractivity contribution in [2.24, 2.45) is 5.92 Å². The zero-order valence-corrected chi connectivity index (χ0v) is 15.3. The van der Waals surface area contributed by atoms with Gasteiger partial charge in [0.2, 0.25) is 5.91 Å². The molecule has 0 radical (unpaired) electrons. The van der Waals surface area contributed by atoms with Crippen LogP contribution in [0.1, 0.15) is 47.4 Å². The number of nitrogens with zero attached hydrogens (tertiary/aromatic N) is 2. The van der Waals surface area contributed by atoms with Crippen LogP contribution in [0.15, 0.2) is 28.7 Å². The van der Waals surface area contributed by atoms with Crippen LogP contribution in [0.3, 0.4) is 0 Å². The first-order chi connectivity index (χ1) is 12.1. The van der Waals surface area contributed by atoms with Crippen molar-refractivity contribution in [1.82, 2.24) is 20.6 Å². The van der Waals surface area contributed by atoms with Gasteiger partial charge in [0.05, 0.1) is 5.69 Å². The Kier molecular flexibility index (Phi) is 4.33. The van der Waals surface area contributed by atoms with Gasteiger partial charge in [-0.25, -0.2) is 4.68 Å².